The van der Waals surface area contributed by atoms with Gasteiger partial charge in [0.15, 0.2) is 0 Å². The number of carboxylic acids is 1. The maximum atomic E-state index is 11.0. The minimum Gasteiger partial charge on any atom is -0.478 e. The molecule has 0 unspecified atom stereocenters. The largest absolute Gasteiger partial charge is 0.478 e. The molecule has 5 nitrogen and oxygen atoms in total. The van der Waals surface area contributed by atoms with Crippen molar-refractivity contribution >= 4 is 17.8 Å². The van der Waals surface area contributed by atoms with Crippen LogP contribution in [-0.2, 0) is 0 Å². The van der Waals surface area contributed by atoms with E-state index in [1.165, 1.54) is 6.20 Å². The van der Waals surface area contributed by atoms with E-state index < -0.39 is 5.97 Å². The number of aromatic nitrogens is 1. The molecule has 1 N–H and O–H groups in total. The summed E-state index contributed by atoms with van der Waals surface area (Å²) < 4.78 is 0. The van der Waals surface area contributed by atoms with Crippen molar-refractivity contribution in [2.24, 2.45) is 4.99 Å². The molecule has 5 heteroatoms. The molecule has 0 saturated heterocycles. The van der Waals surface area contributed by atoms with E-state index in [0.29, 0.717) is 0 Å². The van der Waals surface area contributed by atoms with Crippen LogP contribution in [0.25, 0.3) is 5.57 Å². The van der Waals surface area contributed by atoms with Crippen LogP contribution in [0.5, 0.6) is 0 Å². The number of carboxylic acid groups (broad SMARTS) is 1. The molecule has 1 rings (SSSR count). The van der Waals surface area contributed by atoms with Gasteiger partial charge in [-0.25, -0.2) is 4.79 Å². The van der Waals surface area contributed by atoms with E-state index in [0.717, 1.165) is 29.8 Å². The molecule has 122 valence electrons. The number of hydrogen-bond acceptors (Lipinski definition) is 4. The van der Waals surface area contributed by atoms with Crippen molar-refractivity contribution in [3.05, 3.63) is 35.3 Å². The van der Waals surface area contributed by atoms with Gasteiger partial charge in [0.2, 0.25) is 0 Å². The van der Waals surface area contributed by atoms with Crippen LogP contribution < -0.4 is 0 Å². The zero-order valence-corrected chi connectivity index (χ0v) is 14.4. The Balaban J connectivity index is 0.00000211. The fourth-order valence-electron chi connectivity index (χ4n) is 1.92. The molecular weight excluding hydrogens is 278 g/mol. The van der Waals surface area contributed by atoms with E-state index in [4.69, 9.17) is 5.11 Å². The van der Waals surface area contributed by atoms with E-state index in [-0.39, 0.29) is 5.56 Å². The Bertz CT molecular complexity index is 536. The van der Waals surface area contributed by atoms with Crippen LogP contribution >= 0.6 is 0 Å². The number of pyridine rings is 1. The lowest BCUT2D eigenvalue weighted by Gasteiger charge is -2.21. The Morgan fingerprint density at radius 1 is 1.36 bits per heavy atom. The van der Waals surface area contributed by atoms with E-state index in [1.807, 2.05) is 27.8 Å². The maximum Gasteiger partial charge on any atom is 0.337 e. The number of rotatable bonds is 6. The molecule has 0 aromatic carbocycles. The summed E-state index contributed by atoms with van der Waals surface area (Å²) in [6.45, 7) is 9.04. The average Bonchev–Trinajstić information content (AvgIpc) is 2.54. The van der Waals surface area contributed by atoms with Crippen molar-refractivity contribution in [3.63, 3.8) is 0 Å². The van der Waals surface area contributed by atoms with E-state index in [9.17, 15) is 4.79 Å². The van der Waals surface area contributed by atoms with Gasteiger partial charge < -0.3 is 10.0 Å². The van der Waals surface area contributed by atoms with Crippen molar-refractivity contribution in [1.82, 2.24) is 9.88 Å². The standard InChI is InChI=1S/C15H21N3O2.C2H6/c1-5-6-18(4)11(2)14(10-16-3)12-7-13(15(19)20)9-17-8-12;1-2/h7-10H,5-6H2,1-4H3,(H,19,20);1-2H3/b14-11-,16-10?;. The minimum atomic E-state index is -0.980. The number of allylic oxidation sites excluding steroid dienone is 2. The number of nitrogens with zero attached hydrogens (tertiary/aromatic N) is 3. The number of aromatic carboxylic acids is 1. The third-order valence-corrected chi connectivity index (χ3v) is 3.08. The summed E-state index contributed by atoms with van der Waals surface area (Å²) in [6.07, 6.45) is 5.78. The summed E-state index contributed by atoms with van der Waals surface area (Å²) in [5.41, 5.74) is 2.87. The lowest BCUT2D eigenvalue weighted by atomic mass is 10.0. The van der Waals surface area contributed by atoms with Crippen molar-refractivity contribution < 1.29 is 9.90 Å². The quantitative estimate of drug-likeness (QED) is 0.816. The van der Waals surface area contributed by atoms with Crippen LogP contribution in [0.2, 0.25) is 0 Å². The van der Waals surface area contributed by atoms with Crippen LogP contribution in [-0.4, -0.2) is 47.8 Å². The van der Waals surface area contributed by atoms with Gasteiger partial charge in [-0.1, -0.05) is 20.8 Å². The van der Waals surface area contributed by atoms with E-state index in [1.54, 1.807) is 25.5 Å². The van der Waals surface area contributed by atoms with Gasteiger partial charge in [0.05, 0.1) is 5.56 Å². The summed E-state index contributed by atoms with van der Waals surface area (Å²) in [5, 5.41) is 9.05. The first-order valence-corrected chi connectivity index (χ1v) is 7.54. The smallest absolute Gasteiger partial charge is 0.337 e. The van der Waals surface area contributed by atoms with Gasteiger partial charge in [0, 0.05) is 56.1 Å². The zero-order valence-electron chi connectivity index (χ0n) is 14.4. The number of aliphatic imine (C=N–C) groups is 1. The fourth-order valence-corrected chi connectivity index (χ4v) is 1.92. The highest BCUT2D eigenvalue weighted by Crippen LogP contribution is 2.19. The van der Waals surface area contributed by atoms with Gasteiger partial charge >= 0.3 is 5.97 Å². The molecule has 1 heterocycles. The second kappa shape index (κ2) is 10.5. The molecule has 0 aliphatic heterocycles. The molecule has 0 radical (unpaired) electrons. The fraction of sp³-hybridized carbons (Fsp3) is 0.471. The summed E-state index contributed by atoms with van der Waals surface area (Å²) in [5.74, 6) is -0.980. The van der Waals surface area contributed by atoms with Crippen LogP contribution in [0.1, 0.15) is 50.0 Å². The van der Waals surface area contributed by atoms with Gasteiger partial charge in [0.1, 0.15) is 0 Å². The van der Waals surface area contributed by atoms with Gasteiger partial charge in [-0.15, -0.1) is 0 Å². The Morgan fingerprint density at radius 3 is 2.45 bits per heavy atom. The van der Waals surface area contributed by atoms with Gasteiger partial charge in [-0.2, -0.15) is 0 Å². The molecular formula is C17H27N3O2. The molecule has 22 heavy (non-hydrogen) atoms. The van der Waals surface area contributed by atoms with Gasteiger partial charge in [0.25, 0.3) is 0 Å². The van der Waals surface area contributed by atoms with Gasteiger partial charge in [-0.3, -0.25) is 9.98 Å². The van der Waals surface area contributed by atoms with Gasteiger partial charge in [-0.05, 0) is 19.4 Å². The van der Waals surface area contributed by atoms with E-state index >= 15 is 0 Å². The molecule has 0 fully saturated rings. The zero-order chi connectivity index (χ0) is 17.1. The lowest BCUT2D eigenvalue weighted by molar-refractivity contribution is 0.0696. The number of carbonyl (C=O) groups is 1. The molecule has 0 atom stereocenters. The summed E-state index contributed by atoms with van der Waals surface area (Å²) in [6, 6.07) is 1.62. The third-order valence-electron chi connectivity index (χ3n) is 3.08. The summed E-state index contributed by atoms with van der Waals surface area (Å²) in [7, 11) is 3.71. The first-order valence-electron chi connectivity index (χ1n) is 7.54. The van der Waals surface area contributed by atoms with E-state index in [2.05, 4.69) is 21.8 Å². The van der Waals surface area contributed by atoms with Crippen LogP contribution in [0.3, 0.4) is 0 Å². The number of hydrogen-bond donors (Lipinski definition) is 1. The second-order valence-electron chi connectivity index (χ2n) is 4.58. The highest BCUT2D eigenvalue weighted by Gasteiger charge is 2.11. The third kappa shape index (κ3) is 5.68. The highest BCUT2D eigenvalue weighted by molar-refractivity contribution is 6.11. The second-order valence-corrected chi connectivity index (χ2v) is 4.58. The Labute approximate surface area is 133 Å². The lowest BCUT2D eigenvalue weighted by Crippen LogP contribution is -2.18. The summed E-state index contributed by atoms with van der Waals surface area (Å²) >= 11 is 0. The predicted octanol–water partition coefficient (Wildman–Crippen LogP) is 3.58. The van der Waals surface area contributed by atoms with Crippen LogP contribution in [0, 0.1) is 0 Å². The van der Waals surface area contributed by atoms with Crippen molar-refractivity contribution in [2.45, 2.75) is 34.1 Å². The Morgan fingerprint density at radius 2 is 1.95 bits per heavy atom. The summed E-state index contributed by atoms with van der Waals surface area (Å²) in [4.78, 5) is 21.2. The van der Waals surface area contributed by atoms with Crippen molar-refractivity contribution in [1.29, 1.82) is 0 Å². The molecule has 1 aromatic rings. The topological polar surface area (TPSA) is 65.8 Å². The Hall–Kier alpha value is -2.17. The van der Waals surface area contributed by atoms with Crippen LogP contribution in [0.4, 0.5) is 0 Å². The molecule has 0 spiro atoms. The molecule has 0 bridgehead atoms. The molecule has 0 saturated carbocycles. The van der Waals surface area contributed by atoms with Crippen molar-refractivity contribution in [3.8, 4) is 0 Å². The SMILES string of the molecule is CC.CCCN(C)/C(C)=C(/C=NC)c1cncc(C(=O)O)c1. The predicted molar refractivity (Wildman–Crippen MR) is 92.5 cm³/mol. The monoisotopic (exact) mass is 305 g/mol. The maximum absolute atomic E-state index is 11.0. The molecule has 0 amide bonds. The first kappa shape index (κ1) is 19.8. The van der Waals surface area contributed by atoms with Crippen molar-refractivity contribution in [2.75, 3.05) is 20.6 Å². The molecule has 0 aliphatic carbocycles. The normalized spacial score (nSPS) is 11.5. The first-order chi connectivity index (χ1) is 10.5. The molecule has 0 aliphatic rings. The Kier molecular flexibility index (Phi) is 9.50. The minimum absolute atomic E-state index is 0.176. The molecule has 1 aromatic heterocycles. The van der Waals surface area contributed by atoms with Crippen LogP contribution in [0.15, 0.2) is 29.1 Å². The average molecular weight is 305 g/mol. The highest BCUT2D eigenvalue weighted by atomic mass is 16.4.